The molecule has 1 aliphatic heterocycles. The van der Waals surface area contributed by atoms with E-state index in [0.29, 0.717) is 22.9 Å². The fourth-order valence-electron chi connectivity index (χ4n) is 4.00. The SMILES string of the molecule is CN1C(=O)CN(c2cc(C3CC3)cn3cc(Cn4c(=O)oc5cnc(Cl)nc54)nc23)C1=O. The number of hydrogen-bond donors (Lipinski definition) is 0. The van der Waals surface area contributed by atoms with Crippen LogP contribution in [0.15, 0.2) is 33.9 Å². The van der Waals surface area contributed by atoms with E-state index in [1.807, 2.05) is 16.7 Å². The third-order valence-electron chi connectivity index (χ3n) is 5.83. The molecule has 5 heterocycles. The van der Waals surface area contributed by atoms with Crippen molar-refractivity contribution in [2.75, 3.05) is 18.5 Å². The summed E-state index contributed by atoms with van der Waals surface area (Å²) in [6.45, 7) is 0.0500. The van der Waals surface area contributed by atoms with Crippen LogP contribution >= 0.6 is 11.6 Å². The topological polar surface area (TPSA) is 119 Å². The monoisotopic (exact) mass is 453 g/mol. The Hall–Kier alpha value is -3.73. The standard InChI is InChI=1S/C20H16ClN7O4/c1-25-15(29)9-27(19(25)30)13-4-11(10-2-3-10)6-26-7-12(23-16(13)26)8-28-17-14(32-20(28)31)5-22-18(21)24-17/h4-7,10H,2-3,8-9H2,1H3. The molecule has 0 aromatic carbocycles. The van der Waals surface area contributed by atoms with Crippen molar-refractivity contribution in [2.24, 2.45) is 0 Å². The first-order chi connectivity index (χ1) is 15.4. The molecule has 3 amide bonds. The maximum Gasteiger partial charge on any atom is 0.421 e. The zero-order valence-corrected chi connectivity index (χ0v) is 17.6. The second kappa shape index (κ2) is 6.63. The minimum Gasteiger partial charge on any atom is -0.404 e. The molecule has 2 fully saturated rings. The summed E-state index contributed by atoms with van der Waals surface area (Å²) in [7, 11) is 1.47. The van der Waals surface area contributed by atoms with Gasteiger partial charge >= 0.3 is 11.8 Å². The largest absolute Gasteiger partial charge is 0.421 e. The highest BCUT2D eigenvalue weighted by Crippen LogP contribution is 2.42. The molecule has 4 aromatic heterocycles. The van der Waals surface area contributed by atoms with Crippen LogP contribution < -0.4 is 10.7 Å². The van der Waals surface area contributed by atoms with Gasteiger partial charge in [0.05, 0.1) is 24.1 Å². The van der Waals surface area contributed by atoms with E-state index in [1.54, 1.807) is 6.20 Å². The first-order valence-electron chi connectivity index (χ1n) is 10.0. The van der Waals surface area contributed by atoms with Gasteiger partial charge in [-0.05, 0) is 42.0 Å². The Morgan fingerprint density at radius 2 is 1.97 bits per heavy atom. The average molecular weight is 454 g/mol. The first-order valence-corrected chi connectivity index (χ1v) is 10.4. The van der Waals surface area contributed by atoms with Crippen LogP contribution in [0.1, 0.15) is 30.0 Å². The predicted octanol–water partition coefficient (Wildman–Crippen LogP) is 2.01. The summed E-state index contributed by atoms with van der Waals surface area (Å²) in [5.74, 6) is -0.450. The number of amides is 3. The number of imidazole rings is 1. The molecule has 1 saturated heterocycles. The third kappa shape index (κ3) is 2.88. The van der Waals surface area contributed by atoms with Gasteiger partial charge in [-0.15, -0.1) is 0 Å². The number of anilines is 1. The maximum atomic E-state index is 12.7. The zero-order chi connectivity index (χ0) is 22.1. The molecule has 162 valence electrons. The Morgan fingerprint density at radius 1 is 1.16 bits per heavy atom. The van der Waals surface area contributed by atoms with Gasteiger partial charge in [0, 0.05) is 19.4 Å². The maximum absolute atomic E-state index is 12.7. The molecule has 0 bridgehead atoms. The molecule has 11 nitrogen and oxygen atoms in total. The number of nitrogens with zero attached hydrogens (tertiary/aromatic N) is 7. The van der Waals surface area contributed by atoms with Crippen LogP contribution in [0.5, 0.6) is 0 Å². The van der Waals surface area contributed by atoms with Gasteiger partial charge in [-0.3, -0.25) is 19.2 Å². The molecule has 1 aliphatic carbocycles. The Balaban J connectivity index is 1.47. The number of carbonyl (C=O) groups is 2. The van der Waals surface area contributed by atoms with Crippen LogP contribution in [0.2, 0.25) is 5.28 Å². The lowest BCUT2D eigenvalue weighted by molar-refractivity contribution is -0.123. The molecule has 0 atom stereocenters. The molecule has 4 aromatic rings. The molecule has 0 radical (unpaired) electrons. The van der Waals surface area contributed by atoms with E-state index in [-0.39, 0.29) is 35.5 Å². The van der Waals surface area contributed by atoms with Crippen LogP contribution in [-0.2, 0) is 11.3 Å². The van der Waals surface area contributed by atoms with E-state index in [9.17, 15) is 14.4 Å². The quantitative estimate of drug-likeness (QED) is 0.342. The summed E-state index contributed by atoms with van der Waals surface area (Å²) in [5, 5.41) is -0.000236. The number of oxazole rings is 1. The summed E-state index contributed by atoms with van der Waals surface area (Å²) in [4.78, 5) is 52.3. The van der Waals surface area contributed by atoms with E-state index < -0.39 is 11.8 Å². The molecule has 0 N–H and O–H groups in total. The molecular formula is C20H16ClN7O4. The van der Waals surface area contributed by atoms with Crippen molar-refractivity contribution < 1.29 is 14.0 Å². The average Bonchev–Trinajstić information content (AvgIpc) is 3.41. The van der Waals surface area contributed by atoms with Gasteiger partial charge in [0.15, 0.2) is 16.9 Å². The van der Waals surface area contributed by atoms with Gasteiger partial charge in [0.1, 0.15) is 6.54 Å². The lowest BCUT2D eigenvalue weighted by Gasteiger charge is -2.17. The summed E-state index contributed by atoms with van der Waals surface area (Å²) >= 11 is 5.88. The number of rotatable bonds is 4. The smallest absolute Gasteiger partial charge is 0.404 e. The van der Waals surface area contributed by atoms with Gasteiger partial charge in [-0.25, -0.2) is 19.6 Å². The normalized spacial score (nSPS) is 16.8. The van der Waals surface area contributed by atoms with Crippen molar-refractivity contribution in [2.45, 2.75) is 25.3 Å². The molecule has 2 aliphatic rings. The highest BCUT2D eigenvalue weighted by Gasteiger charge is 2.36. The summed E-state index contributed by atoms with van der Waals surface area (Å²) in [6.07, 6.45) is 7.28. The number of fused-ring (bicyclic) bond motifs is 2. The molecular weight excluding hydrogens is 438 g/mol. The predicted molar refractivity (Wildman–Crippen MR) is 113 cm³/mol. The summed E-state index contributed by atoms with van der Waals surface area (Å²) < 4.78 is 8.36. The minimum absolute atomic E-state index is 0.000236. The van der Waals surface area contributed by atoms with E-state index in [1.165, 1.54) is 22.7 Å². The number of aromatic nitrogens is 5. The van der Waals surface area contributed by atoms with Crippen LogP contribution in [0.3, 0.4) is 0 Å². The van der Waals surface area contributed by atoms with Crippen LogP contribution in [-0.4, -0.2) is 54.4 Å². The van der Waals surface area contributed by atoms with Crippen molar-refractivity contribution in [3.05, 3.63) is 51.7 Å². The number of urea groups is 1. The number of halogens is 1. The van der Waals surface area contributed by atoms with Crippen molar-refractivity contribution in [1.29, 1.82) is 0 Å². The van der Waals surface area contributed by atoms with E-state index in [2.05, 4.69) is 15.0 Å². The second-order valence-electron chi connectivity index (χ2n) is 8.00. The van der Waals surface area contributed by atoms with Crippen molar-refractivity contribution in [3.63, 3.8) is 0 Å². The molecule has 1 saturated carbocycles. The Kier molecular flexibility index (Phi) is 3.94. The minimum atomic E-state index is -0.602. The van der Waals surface area contributed by atoms with Gasteiger partial charge < -0.3 is 8.82 Å². The van der Waals surface area contributed by atoms with E-state index in [4.69, 9.17) is 16.0 Å². The first kappa shape index (κ1) is 19.0. The van der Waals surface area contributed by atoms with E-state index in [0.717, 1.165) is 23.3 Å². The van der Waals surface area contributed by atoms with Gasteiger partial charge in [-0.2, -0.15) is 4.98 Å². The zero-order valence-electron chi connectivity index (χ0n) is 16.9. The molecule has 6 rings (SSSR count). The van der Waals surface area contributed by atoms with Crippen LogP contribution in [0.4, 0.5) is 10.5 Å². The molecule has 12 heteroatoms. The molecule has 0 unspecified atom stereocenters. The second-order valence-corrected chi connectivity index (χ2v) is 8.34. The highest BCUT2D eigenvalue weighted by atomic mass is 35.5. The Bertz CT molecular complexity index is 1500. The molecule has 0 spiro atoms. The number of carbonyl (C=O) groups excluding carboxylic acids is 2. The lowest BCUT2D eigenvalue weighted by Crippen LogP contribution is -2.30. The number of hydrogen-bond acceptors (Lipinski definition) is 7. The third-order valence-corrected chi connectivity index (χ3v) is 6.01. The van der Waals surface area contributed by atoms with E-state index >= 15 is 0 Å². The van der Waals surface area contributed by atoms with Gasteiger partial charge in [0.25, 0.3) is 0 Å². The van der Waals surface area contributed by atoms with Crippen LogP contribution in [0.25, 0.3) is 16.9 Å². The van der Waals surface area contributed by atoms with Crippen LogP contribution in [0, 0.1) is 0 Å². The molecule has 32 heavy (non-hydrogen) atoms. The Morgan fingerprint density at radius 3 is 2.69 bits per heavy atom. The number of pyridine rings is 1. The van der Waals surface area contributed by atoms with Crippen molar-refractivity contribution >= 4 is 46.1 Å². The van der Waals surface area contributed by atoms with Gasteiger partial charge in [0.2, 0.25) is 11.2 Å². The fraction of sp³-hybridized carbons (Fsp3) is 0.300. The highest BCUT2D eigenvalue weighted by molar-refractivity contribution is 6.28. The number of likely N-dealkylation sites (N-methyl/N-ethyl adjacent to an activating group) is 1. The summed E-state index contributed by atoms with van der Waals surface area (Å²) in [6, 6.07) is 1.54. The lowest BCUT2D eigenvalue weighted by atomic mass is 10.1. The number of imide groups is 1. The Labute approximate surface area is 184 Å². The van der Waals surface area contributed by atoms with Crippen molar-refractivity contribution in [3.8, 4) is 0 Å². The summed E-state index contributed by atoms with van der Waals surface area (Å²) in [5.41, 5.74) is 3.23. The van der Waals surface area contributed by atoms with Gasteiger partial charge in [-0.1, -0.05) is 0 Å². The fourth-order valence-corrected chi connectivity index (χ4v) is 4.12. The van der Waals surface area contributed by atoms with Crippen molar-refractivity contribution in [1.82, 2.24) is 28.8 Å².